The highest BCUT2D eigenvalue weighted by atomic mass is 16.5. The average Bonchev–Trinajstić information content (AvgIpc) is 3.11. The Morgan fingerprint density at radius 2 is 1.73 bits per heavy atom. The fraction of sp³-hybridized carbons (Fsp3) is 0.550. The summed E-state index contributed by atoms with van der Waals surface area (Å²) in [4.78, 5) is 29.2. The third-order valence-corrected chi connectivity index (χ3v) is 5.64. The van der Waals surface area contributed by atoms with Gasteiger partial charge in [-0.05, 0) is 44.2 Å². The SMILES string of the molecule is O=C(Cc1noc2ccccc12)N1CCC(C(=O)N2CCCCC2)CC1. The molecule has 4 rings (SSSR count). The van der Waals surface area contributed by atoms with Crippen LogP contribution in [0.5, 0.6) is 0 Å². The Hall–Kier alpha value is -2.37. The zero-order chi connectivity index (χ0) is 17.9. The number of aromatic nitrogens is 1. The molecule has 0 unspecified atom stereocenters. The molecule has 2 aliphatic heterocycles. The number of likely N-dealkylation sites (tertiary alicyclic amines) is 2. The monoisotopic (exact) mass is 355 g/mol. The fourth-order valence-corrected chi connectivity index (χ4v) is 4.07. The molecule has 0 atom stereocenters. The summed E-state index contributed by atoms with van der Waals surface area (Å²) in [5.74, 6) is 0.428. The van der Waals surface area contributed by atoms with E-state index < -0.39 is 0 Å². The third-order valence-electron chi connectivity index (χ3n) is 5.64. The molecule has 6 heteroatoms. The van der Waals surface area contributed by atoms with Gasteiger partial charge in [0.05, 0.1) is 6.42 Å². The van der Waals surface area contributed by atoms with Crippen LogP contribution in [-0.2, 0) is 16.0 Å². The molecule has 6 nitrogen and oxygen atoms in total. The molecule has 26 heavy (non-hydrogen) atoms. The first kappa shape index (κ1) is 17.1. The van der Waals surface area contributed by atoms with Crippen molar-refractivity contribution < 1.29 is 14.1 Å². The van der Waals surface area contributed by atoms with Gasteiger partial charge in [0.2, 0.25) is 11.8 Å². The lowest BCUT2D eigenvalue weighted by atomic mass is 9.94. The van der Waals surface area contributed by atoms with E-state index in [1.54, 1.807) is 0 Å². The quantitative estimate of drug-likeness (QED) is 0.849. The molecule has 0 N–H and O–H groups in total. The van der Waals surface area contributed by atoms with Crippen LogP contribution in [0.25, 0.3) is 11.0 Å². The molecule has 138 valence electrons. The molecular weight excluding hydrogens is 330 g/mol. The molecule has 0 radical (unpaired) electrons. The number of benzene rings is 1. The Morgan fingerprint density at radius 3 is 2.50 bits per heavy atom. The Balaban J connectivity index is 1.32. The number of carbonyl (C=O) groups excluding carboxylic acids is 2. The Labute approximate surface area is 153 Å². The minimum Gasteiger partial charge on any atom is -0.356 e. The summed E-state index contributed by atoms with van der Waals surface area (Å²) >= 11 is 0. The summed E-state index contributed by atoms with van der Waals surface area (Å²) in [5.41, 5.74) is 1.40. The maximum absolute atomic E-state index is 12.6. The lowest BCUT2D eigenvalue weighted by molar-refractivity contribution is -0.141. The van der Waals surface area contributed by atoms with Crippen molar-refractivity contribution in [2.24, 2.45) is 5.92 Å². The van der Waals surface area contributed by atoms with Crippen LogP contribution in [0.15, 0.2) is 28.8 Å². The van der Waals surface area contributed by atoms with Crippen molar-refractivity contribution in [2.75, 3.05) is 26.2 Å². The van der Waals surface area contributed by atoms with E-state index in [4.69, 9.17) is 4.52 Å². The molecule has 2 amide bonds. The highest BCUT2D eigenvalue weighted by molar-refractivity contribution is 5.86. The van der Waals surface area contributed by atoms with Gasteiger partial charge in [-0.3, -0.25) is 9.59 Å². The van der Waals surface area contributed by atoms with Gasteiger partial charge < -0.3 is 14.3 Å². The molecule has 2 aliphatic rings. The van der Waals surface area contributed by atoms with Crippen molar-refractivity contribution in [1.29, 1.82) is 0 Å². The molecule has 2 aromatic rings. The van der Waals surface area contributed by atoms with Crippen LogP contribution >= 0.6 is 0 Å². The molecule has 2 saturated heterocycles. The predicted molar refractivity (Wildman–Crippen MR) is 97.4 cm³/mol. The number of piperidine rings is 2. The van der Waals surface area contributed by atoms with Gasteiger partial charge in [-0.2, -0.15) is 0 Å². The second-order valence-corrected chi connectivity index (χ2v) is 7.34. The predicted octanol–water partition coefficient (Wildman–Crippen LogP) is 2.62. The zero-order valence-corrected chi connectivity index (χ0v) is 15.0. The van der Waals surface area contributed by atoms with E-state index in [2.05, 4.69) is 5.16 Å². The maximum atomic E-state index is 12.6. The highest BCUT2D eigenvalue weighted by Crippen LogP contribution is 2.23. The topological polar surface area (TPSA) is 66.7 Å². The van der Waals surface area contributed by atoms with E-state index in [0.29, 0.717) is 30.3 Å². The third kappa shape index (κ3) is 3.45. The smallest absolute Gasteiger partial charge is 0.228 e. The molecule has 1 aromatic heterocycles. The van der Waals surface area contributed by atoms with E-state index in [1.807, 2.05) is 34.1 Å². The van der Waals surface area contributed by atoms with Gasteiger partial charge in [-0.25, -0.2) is 0 Å². The van der Waals surface area contributed by atoms with Crippen LogP contribution in [0.3, 0.4) is 0 Å². The Bertz CT molecular complexity index is 786. The van der Waals surface area contributed by atoms with E-state index in [1.165, 1.54) is 6.42 Å². The standard InChI is InChI=1S/C20H25N3O3/c24-19(14-17-16-6-2-3-7-18(16)26-21-17)22-12-8-15(9-13-22)20(25)23-10-4-1-5-11-23/h2-3,6-7,15H,1,4-5,8-14H2. The van der Waals surface area contributed by atoms with Crippen LogP contribution in [-0.4, -0.2) is 52.9 Å². The summed E-state index contributed by atoms with van der Waals surface area (Å²) in [7, 11) is 0. The number of hydrogen-bond donors (Lipinski definition) is 0. The van der Waals surface area contributed by atoms with Gasteiger partial charge in [-0.1, -0.05) is 17.3 Å². The van der Waals surface area contributed by atoms with Crippen molar-refractivity contribution in [2.45, 2.75) is 38.5 Å². The van der Waals surface area contributed by atoms with Gasteiger partial charge >= 0.3 is 0 Å². The van der Waals surface area contributed by atoms with Gasteiger partial charge in [0.1, 0.15) is 5.69 Å². The highest BCUT2D eigenvalue weighted by Gasteiger charge is 2.31. The van der Waals surface area contributed by atoms with Crippen LogP contribution in [0.4, 0.5) is 0 Å². The largest absolute Gasteiger partial charge is 0.356 e. The molecular formula is C20H25N3O3. The summed E-state index contributed by atoms with van der Waals surface area (Å²) in [6.45, 7) is 3.10. The number of hydrogen-bond acceptors (Lipinski definition) is 4. The minimum absolute atomic E-state index is 0.0629. The van der Waals surface area contributed by atoms with Crippen molar-refractivity contribution >= 4 is 22.8 Å². The first-order chi connectivity index (χ1) is 12.7. The molecule has 1 aromatic carbocycles. The first-order valence-corrected chi connectivity index (χ1v) is 9.62. The lowest BCUT2D eigenvalue weighted by Gasteiger charge is -2.35. The normalized spacial score (nSPS) is 19.1. The van der Waals surface area contributed by atoms with E-state index in [-0.39, 0.29) is 18.2 Å². The van der Waals surface area contributed by atoms with E-state index >= 15 is 0 Å². The van der Waals surface area contributed by atoms with E-state index in [9.17, 15) is 9.59 Å². The number of rotatable bonds is 3. The lowest BCUT2D eigenvalue weighted by Crippen LogP contribution is -2.46. The average molecular weight is 355 g/mol. The summed E-state index contributed by atoms with van der Waals surface area (Å²) in [5, 5.41) is 4.95. The van der Waals surface area contributed by atoms with Crippen LogP contribution in [0.1, 0.15) is 37.8 Å². The molecule has 0 spiro atoms. The molecule has 2 fully saturated rings. The Kier molecular flexibility index (Phi) is 4.91. The summed E-state index contributed by atoms with van der Waals surface area (Å²) in [6, 6.07) is 7.60. The molecule has 0 bridgehead atoms. The summed E-state index contributed by atoms with van der Waals surface area (Å²) in [6.07, 6.45) is 5.25. The second kappa shape index (κ2) is 7.48. The molecule has 3 heterocycles. The number of para-hydroxylation sites is 1. The van der Waals surface area contributed by atoms with Crippen molar-refractivity contribution in [3.05, 3.63) is 30.0 Å². The first-order valence-electron chi connectivity index (χ1n) is 9.62. The minimum atomic E-state index is 0.0629. The number of nitrogens with zero attached hydrogens (tertiary/aromatic N) is 3. The summed E-state index contributed by atoms with van der Waals surface area (Å²) < 4.78 is 5.28. The fourth-order valence-electron chi connectivity index (χ4n) is 4.07. The van der Waals surface area contributed by atoms with E-state index in [0.717, 1.165) is 44.2 Å². The van der Waals surface area contributed by atoms with Gasteiger partial charge in [0.25, 0.3) is 0 Å². The van der Waals surface area contributed by atoms with Crippen molar-refractivity contribution in [3.63, 3.8) is 0 Å². The maximum Gasteiger partial charge on any atom is 0.228 e. The number of fused-ring (bicyclic) bond motifs is 1. The second-order valence-electron chi connectivity index (χ2n) is 7.34. The van der Waals surface area contributed by atoms with Gasteiger partial charge in [0.15, 0.2) is 5.58 Å². The van der Waals surface area contributed by atoms with Crippen LogP contribution in [0.2, 0.25) is 0 Å². The van der Waals surface area contributed by atoms with Crippen LogP contribution in [0, 0.1) is 5.92 Å². The van der Waals surface area contributed by atoms with Crippen molar-refractivity contribution in [1.82, 2.24) is 15.0 Å². The Morgan fingerprint density at radius 1 is 1.00 bits per heavy atom. The van der Waals surface area contributed by atoms with Crippen molar-refractivity contribution in [3.8, 4) is 0 Å². The van der Waals surface area contributed by atoms with Gasteiger partial charge in [0, 0.05) is 37.5 Å². The molecule has 0 aliphatic carbocycles. The molecule has 0 saturated carbocycles. The number of carbonyl (C=O) groups is 2. The van der Waals surface area contributed by atoms with Crippen LogP contribution < -0.4 is 0 Å². The number of amides is 2. The zero-order valence-electron chi connectivity index (χ0n) is 15.0. The van der Waals surface area contributed by atoms with Gasteiger partial charge in [-0.15, -0.1) is 0 Å².